The van der Waals surface area contributed by atoms with E-state index in [-0.39, 0.29) is 4.88 Å². The van der Waals surface area contributed by atoms with Gasteiger partial charge in [0.25, 0.3) is 0 Å². The molecule has 0 aliphatic carbocycles. The van der Waals surface area contributed by atoms with Crippen molar-refractivity contribution < 1.29 is 19.4 Å². The van der Waals surface area contributed by atoms with Crippen LogP contribution in [-0.2, 0) is 0 Å². The molecule has 1 aromatic heterocycles. The van der Waals surface area contributed by atoms with Gasteiger partial charge in [-0.2, -0.15) is 0 Å². The summed E-state index contributed by atoms with van der Waals surface area (Å²) in [5.74, 6) is -1.69. The minimum atomic E-state index is -1.31. The zero-order chi connectivity index (χ0) is 13.1. The number of benzene rings is 1. The molecule has 0 fully saturated rings. The minimum absolute atomic E-state index is 0.120. The Kier molecular flexibility index (Phi) is 3.33. The average molecular weight is 264 g/mol. The van der Waals surface area contributed by atoms with Crippen LogP contribution in [0.3, 0.4) is 0 Å². The van der Waals surface area contributed by atoms with Crippen molar-refractivity contribution in [1.29, 1.82) is 0 Å². The Hall–Kier alpha value is -2.28. The third-order valence-electron chi connectivity index (χ3n) is 2.17. The second-order valence-corrected chi connectivity index (χ2v) is 4.16. The van der Waals surface area contributed by atoms with Gasteiger partial charge in [0.15, 0.2) is 10.6 Å². The average Bonchev–Trinajstić information content (AvgIpc) is 2.81. The Morgan fingerprint density at radius 2 is 2.06 bits per heavy atom. The molecule has 0 bridgehead atoms. The molecule has 0 aliphatic heterocycles. The van der Waals surface area contributed by atoms with E-state index in [1.54, 1.807) is 25.1 Å². The second kappa shape index (κ2) is 4.92. The lowest BCUT2D eigenvalue weighted by molar-refractivity contribution is 0.0665. The molecular weight excluding hydrogens is 256 g/mol. The van der Waals surface area contributed by atoms with Crippen molar-refractivity contribution in [3.05, 3.63) is 40.4 Å². The van der Waals surface area contributed by atoms with Gasteiger partial charge in [-0.3, -0.25) is 0 Å². The molecule has 2 aromatic rings. The van der Waals surface area contributed by atoms with Crippen LogP contribution >= 0.6 is 11.5 Å². The summed E-state index contributed by atoms with van der Waals surface area (Å²) in [6.45, 7) is 1.78. The Morgan fingerprint density at radius 1 is 1.33 bits per heavy atom. The van der Waals surface area contributed by atoms with Crippen LogP contribution in [0.2, 0.25) is 0 Å². The van der Waals surface area contributed by atoms with Crippen molar-refractivity contribution in [3.63, 3.8) is 0 Å². The van der Waals surface area contributed by atoms with Crippen molar-refractivity contribution in [2.75, 3.05) is 0 Å². The summed E-state index contributed by atoms with van der Waals surface area (Å²) in [6, 6.07) is 6.94. The van der Waals surface area contributed by atoms with E-state index < -0.39 is 17.6 Å². The minimum Gasteiger partial charge on any atom is -0.476 e. The number of aromatic nitrogens is 2. The molecule has 0 saturated carbocycles. The number of rotatable bonds is 3. The van der Waals surface area contributed by atoms with Crippen LogP contribution in [0.5, 0.6) is 5.75 Å². The third kappa shape index (κ3) is 2.35. The number of ether oxygens (including phenoxy) is 1. The van der Waals surface area contributed by atoms with E-state index in [4.69, 9.17) is 9.84 Å². The lowest BCUT2D eigenvalue weighted by atomic mass is 10.2. The van der Waals surface area contributed by atoms with E-state index in [0.29, 0.717) is 17.3 Å². The summed E-state index contributed by atoms with van der Waals surface area (Å²) in [7, 11) is 0. The fraction of sp³-hybridized carbons (Fsp3) is 0.0909. The molecule has 1 heterocycles. The Morgan fingerprint density at radius 3 is 2.72 bits per heavy atom. The fourth-order valence-corrected chi connectivity index (χ4v) is 1.82. The number of carboxylic acids is 1. The van der Waals surface area contributed by atoms with Gasteiger partial charge in [-0.25, -0.2) is 9.59 Å². The molecule has 0 saturated heterocycles. The first-order chi connectivity index (χ1) is 8.59. The van der Waals surface area contributed by atoms with Crippen LogP contribution in [0.25, 0.3) is 0 Å². The molecule has 1 N–H and O–H groups in total. The normalized spacial score (nSPS) is 10.1. The molecule has 0 aliphatic rings. The SMILES string of the molecule is Cc1ccccc1OC(=O)c1snnc1C(=O)O. The quantitative estimate of drug-likeness (QED) is 0.671. The highest BCUT2D eigenvalue weighted by atomic mass is 32.1. The summed E-state index contributed by atoms with van der Waals surface area (Å²) in [5, 5.41) is 12.2. The van der Waals surface area contributed by atoms with Crippen LogP contribution in [0.15, 0.2) is 24.3 Å². The molecule has 6 nitrogen and oxygen atoms in total. The fourth-order valence-electron chi connectivity index (χ4n) is 1.28. The first-order valence-electron chi connectivity index (χ1n) is 4.93. The van der Waals surface area contributed by atoms with Gasteiger partial charge < -0.3 is 9.84 Å². The highest BCUT2D eigenvalue weighted by Gasteiger charge is 2.23. The van der Waals surface area contributed by atoms with E-state index in [0.717, 1.165) is 5.56 Å². The zero-order valence-electron chi connectivity index (χ0n) is 9.28. The van der Waals surface area contributed by atoms with Gasteiger partial charge >= 0.3 is 11.9 Å². The lowest BCUT2D eigenvalue weighted by Crippen LogP contribution is -2.12. The van der Waals surface area contributed by atoms with Gasteiger partial charge in [-0.1, -0.05) is 22.7 Å². The topological polar surface area (TPSA) is 89.4 Å². The first-order valence-corrected chi connectivity index (χ1v) is 5.70. The number of hydrogen-bond acceptors (Lipinski definition) is 6. The predicted octanol–water partition coefficient (Wildman–Crippen LogP) is 1.76. The predicted molar refractivity (Wildman–Crippen MR) is 63.0 cm³/mol. The largest absolute Gasteiger partial charge is 0.476 e. The van der Waals surface area contributed by atoms with Crippen molar-refractivity contribution in [2.24, 2.45) is 0 Å². The number of esters is 1. The third-order valence-corrected chi connectivity index (χ3v) is 2.88. The van der Waals surface area contributed by atoms with Crippen molar-refractivity contribution in [1.82, 2.24) is 9.59 Å². The maximum Gasteiger partial charge on any atom is 0.358 e. The molecule has 0 atom stereocenters. The molecule has 92 valence electrons. The summed E-state index contributed by atoms with van der Waals surface area (Å²) < 4.78 is 8.55. The molecule has 1 aromatic carbocycles. The molecule has 0 spiro atoms. The van der Waals surface area contributed by atoms with E-state index in [1.165, 1.54) is 0 Å². The standard InChI is InChI=1S/C11H8N2O4S/c1-6-4-2-3-5-7(6)17-11(16)9-8(10(14)15)12-13-18-9/h2-5H,1H3,(H,14,15). The van der Waals surface area contributed by atoms with Crippen LogP contribution in [0.1, 0.15) is 25.7 Å². The summed E-state index contributed by atoms with van der Waals surface area (Å²) >= 11 is 0.695. The number of aromatic carboxylic acids is 1. The summed E-state index contributed by atoms with van der Waals surface area (Å²) in [4.78, 5) is 22.5. The number of para-hydroxylation sites is 1. The summed E-state index contributed by atoms with van der Waals surface area (Å²) in [5.41, 5.74) is 0.388. The Labute approximate surface area is 106 Å². The Balaban J connectivity index is 2.25. The van der Waals surface area contributed by atoms with Gasteiger partial charge in [-0.15, -0.1) is 5.10 Å². The van der Waals surface area contributed by atoms with E-state index in [1.807, 2.05) is 6.07 Å². The van der Waals surface area contributed by atoms with Crippen LogP contribution in [0, 0.1) is 6.92 Å². The zero-order valence-corrected chi connectivity index (χ0v) is 10.1. The van der Waals surface area contributed by atoms with Gasteiger partial charge in [-0.05, 0) is 30.1 Å². The lowest BCUT2D eigenvalue weighted by Gasteiger charge is -2.05. The molecule has 0 unspecified atom stereocenters. The molecule has 2 rings (SSSR count). The number of carbonyl (C=O) groups is 2. The maximum absolute atomic E-state index is 11.8. The number of carboxylic acid groups (broad SMARTS) is 1. The Bertz CT molecular complexity index is 609. The maximum atomic E-state index is 11.8. The molecule has 7 heteroatoms. The smallest absolute Gasteiger partial charge is 0.358 e. The molecule has 0 amide bonds. The van der Waals surface area contributed by atoms with Gasteiger partial charge in [0, 0.05) is 0 Å². The van der Waals surface area contributed by atoms with Crippen LogP contribution < -0.4 is 4.74 Å². The number of nitrogens with zero attached hydrogens (tertiary/aromatic N) is 2. The van der Waals surface area contributed by atoms with Crippen molar-refractivity contribution in [2.45, 2.75) is 6.92 Å². The van der Waals surface area contributed by atoms with Gasteiger partial charge in [0.2, 0.25) is 0 Å². The highest BCUT2D eigenvalue weighted by molar-refractivity contribution is 7.08. The second-order valence-electron chi connectivity index (χ2n) is 3.41. The monoisotopic (exact) mass is 264 g/mol. The van der Waals surface area contributed by atoms with Gasteiger partial charge in [0.1, 0.15) is 5.75 Å². The van der Waals surface area contributed by atoms with E-state index in [9.17, 15) is 9.59 Å². The highest BCUT2D eigenvalue weighted by Crippen LogP contribution is 2.20. The molecule has 0 radical (unpaired) electrons. The van der Waals surface area contributed by atoms with E-state index >= 15 is 0 Å². The number of hydrogen-bond donors (Lipinski definition) is 1. The number of carbonyl (C=O) groups excluding carboxylic acids is 1. The molecule has 18 heavy (non-hydrogen) atoms. The van der Waals surface area contributed by atoms with Crippen molar-refractivity contribution >= 4 is 23.5 Å². The number of aryl methyl sites for hydroxylation is 1. The van der Waals surface area contributed by atoms with E-state index in [2.05, 4.69) is 9.59 Å². The van der Waals surface area contributed by atoms with Crippen LogP contribution in [-0.4, -0.2) is 26.6 Å². The van der Waals surface area contributed by atoms with Crippen molar-refractivity contribution in [3.8, 4) is 5.75 Å². The van der Waals surface area contributed by atoms with Crippen LogP contribution in [0.4, 0.5) is 0 Å². The molecular formula is C11H8N2O4S. The van der Waals surface area contributed by atoms with Gasteiger partial charge in [0.05, 0.1) is 0 Å². The summed E-state index contributed by atoms with van der Waals surface area (Å²) in [6.07, 6.45) is 0. The first kappa shape index (κ1) is 12.2.